The van der Waals surface area contributed by atoms with Crippen LogP contribution in [0.1, 0.15) is 0 Å². The van der Waals surface area contributed by atoms with E-state index in [-0.39, 0.29) is 0 Å². The quantitative estimate of drug-likeness (QED) is 0.184. The van der Waals surface area contributed by atoms with Crippen LogP contribution in [0.3, 0.4) is 0 Å². The number of fused-ring (bicyclic) bond motifs is 3. The first-order valence-electron chi connectivity index (χ1n) is 16.3. The zero-order valence-corrected chi connectivity index (χ0v) is 26.5. The van der Waals surface area contributed by atoms with Crippen LogP contribution in [0.15, 0.2) is 181 Å². The maximum absolute atomic E-state index is 6.15. The van der Waals surface area contributed by atoms with Crippen molar-refractivity contribution in [3.8, 4) is 67.3 Å². The van der Waals surface area contributed by atoms with E-state index in [9.17, 15) is 0 Å². The Morgan fingerprint density at radius 3 is 1.61 bits per heavy atom. The first kappa shape index (κ1) is 28.6. The number of pyridine rings is 1. The summed E-state index contributed by atoms with van der Waals surface area (Å²) in [6.07, 6.45) is 3.67. The number of hydrogen-bond acceptors (Lipinski definition) is 4. The van der Waals surface area contributed by atoms with E-state index in [1.54, 1.807) is 0 Å². The molecule has 230 valence electrons. The van der Waals surface area contributed by atoms with Crippen molar-refractivity contribution in [1.29, 1.82) is 0 Å². The van der Waals surface area contributed by atoms with Crippen molar-refractivity contribution in [2.24, 2.45) is 0 Å². The van der Waals surface area contributed by atoms with E-state index in [4.69, 9.17) is 14.4 Å². The summed E-state index contributed by atoms with van der Waals surface area (Å²) in [5, 5.41) is 2.20. The molecule has 6 aromatic carbocycles. The summed E-state index contributed by atoms with van der Waals surface area (Å²) in [5.41, 5.74) is 13.2. The fourth-order valence-electron chi connectivity index (χ4n) is 6.48. The van der Waals surface area contributed by atoms with Gasteiger partial charge in [0.2, 0.25) is 0 Å². The van der Waals surface area contributed by atoms with E-state index in [1.807, 2.05) is 60.9 Å². The predicted molar refractivity (Wildman–Crippen MR) is 200 cm³/mol. The van der Waals surface area contributed by atoms with E-state index < -0.39 is 0 Å². The Balaban J connectivity index is 1.22. The average Bonchev–Trinajstić information content (AvgIpc) is 3.57. The minimum atomic E-state index is 0.683. The van der Waals surface area contributed by atoms with Gasteiger partial charge in [-0.3, -0.25) is 4.98 Å². The molecule has 0 amide bonds. The van der Waals surface area contributed by atoms with Crippen LogP contribution < -0.4 is 0 Å². The van der Waals surface area contributed by atoms with Gasteiger partial charge in [-0.1, -0.05) is 109 Å². The second-order valence-electron chi connectivity index (χ2n) is 12.1. The zero-order valence-electron chi connectivity index (χ0n) is 26.5. The molecule has 0 atom stereocenters. The molecule has 0 unspecified atom stereocenters. The first-order valence-corrected chi connectivity index (χ1v) is 16.3. The molecule has 9 aromatic rings. The Kier molecular flexibility index (Phi) is 7.10. The highest BCUT2D eigenvalue weighted by Crippen LogP contribution is 2.37. The summed E-state index contributed by atoms with van der Waals surface area (Å²) in [7, 11) is 0. The fraction of sp³-hybridized carbons (Fsp3) is 0. The number of aromatic nitrogens is 3. The molecule has 0 aliphatic heterocycles. The molecule has 0 radical (unpaired) electrons. The lowest BCUT2D eigenvalue weighted by Gasteiger charge is -2.13. The molecule has 0 saturated heterocycles. The van der Waals surface area contributed by atoms with Crippen molar-refractivity contribution in [3.05, 3.63) is 176 Å². The molecule has 0 spiro atoms. The van der Waals surface area contributed by atoms with Crippen LogP contribution in [-0.2, 0) is 0 Å². The molecule has 4 nitrogen and oxygen atoms in total. The lowest BCUT2D eigenvalue weighted by atomic mass is 9.94. The molecule has 0 saturated carbocycles. The molecule has 0 aliphatic carbocycles. The number of rotatable bonds is 6. The van der Waals surface area contributed by atoms with Gasteiger partial charge in [0.15, 0.2) is 5.82 Å². The molecular weight excluding hydrogens is 599 g/mol. The summed E-state index contributed by atoms with van der Waals surface area (Å²) in [6.45, 7) is 0. The lowest BCUT2D eigenvalue weighted by molar-refractivity contribution is 0.669. The van der Waals surface area contributed by atoms with Crippen LogP contribution in [0.5, 0.6) is 0 Å². The van der Waals surface area contributed by atoms with Crippen LogP contribution in [0, 0.1) is 0 Å². The Bertz CT molecular complexity index is 2580. The number of hydrogen-bond donors (Lipinski definition) is 0. The highest BCUT2D eigenvalue weighted by Gasteiger charge is 2.15. The van der Waals surface area contributed by atoms with Crippen LogP contribution in [0.2, 0.25) is 0 Å². The Morgan fingerprint density at radius 1 is 0.327 bits per heavy atom. The van der Waals surface area contributed by atoms with E-state index in [2.05, 4.69) is 120 Å². The Labute approximate surface area is 284 Å². The van der Waals surface area contributed by atoms with Gasteiger partial charge in [-0.25, -0.2) is 9.97 Å². The normalized spacial score (nSPS) is 11.3. The van der Waals surface area contributed by atoms with Gasteiger partial charge >= 0.3 is 0 Å². The largest absolute Gasteiger partial charge is 0.456 e. The predicted octanol–water partition coefficient (Wildman–Crippen LogP) is 11.8. The number of benzene rings is 6. The third-order valence-electron chi connectivity index (χ3n) is 9.00. The minimum absolute atomic E-state index is 0.683. The van der Waals surface area contributed by atoms with Gasteiger partial charge in [-0.15, -0.1) is 0 Å². The smallest absolute Gasteiger partial charge is 0.160 e. The number of para-hydroxylation sites is 1. The van der Waals surface area contributed by atoms with Crippen molar-refractivity contribution >= 4 is 21.9 Å². The topological polar surface area (TPSA) is 51.8 Å². The van der Waals surface area contributed by atoms with Gasteiger partial charge < -0.3 is 4.42 Å². The van der Waals surface area contributed by atoms with Gasteiger partial charge in [-0.05, 0) is 88.0 Å². The van der Waals surface area contributed by atoms with Crippen LogP contribution in [0.25, 0.3) is 89.2 Å². The fourth-order valence-corrected chi connectivity index (χ4v) is 6.48. The SMILES string of the molecule is c1ccc(-c2ccc(-c3cc(-c4cc(-c5ccncc5)cc(-c5ccc6oc7ccccc7c6c5)c4)nc(-c4ccccc4)n3)cc2)cc1. The molecule has 3 aromatic heterocycles. The highest BCUT2D eigenvalue weighted by molar-refractivity contribution is 6.06. The summed E-state index contributed by atoms with van der Waals surface area (Å²) in [6, 6.07) is 56.7. The highest BCUT2D eigenvalue weighted by atomic mass is 16.3. The van der Waals surface area contributed by atoms with Crippen LogP contribution >= 0.6 is 0 Å². The second-order valence-corrected chi connectivity index (χ2v) is 12.1. The van der Waals surface area contributed by atoms with Crippen molar-refractivity contribution in [2.45, 2.75) is 0 Å². The maximum atomic E-state index is 6.15. The molecule has 0 bridgehead atoms. The molecule has 4 heteroatoms. The summed E-state index contributed by atoms with van der Waals surface area (Å²) < 4.78 is 6.15. The number of nitrogens with zero attached hydrogens (tertiary/aromatic N) is 3. The van der Waals surface area contributed by atoms with Gasteiger partial charge in [0.25, 0.3) is 0 Å². The minimum Gasteiger partial charge on any atom is -0.456 e. The Hall–Kier alpha value is -6.65. The third kappa shape index (κ3) is 5.56. The maximum Gasteiger partial charge on any atom is 0.160 e. The van der Waals surface area contributed by atoms with E-state index in [1.165, 1.54) is 11.1 Å². The summed E-state index contributed by atoms with van der Waals surface area (Å²) in [5.74, 6) is 0.683. The molecule has 0 N–H and O–H groups in total. The lowest BCUT2D eigenvalue weighted by Crippen LogP contribution is -1.96. The molecule has 0 aliphatic rings. The average molecular weight is 628 g/mol. The molecular formula is C45H29N3O. The van der Waals surface area contributed by atoms with Gasteiger partial charge in [0.1, 0.15) is 11.2 Å². The van der Waals surface area contributed by atoms with E-state index >= 15 is 0 Å². The standard InChI is InChI=1S/C45H29N3O/c1-3-9-30(10-4-1)31-15-17-33(18-16-31)41-29-42(48-45(47-41)34-11-5-2-6-12-34)38-26-36(32-21-23-46-24-22-32)25-37(27-38)35-19-20-44-40(28-35)39-13-7-8-14-43(39)49-44/h1-29H. The van der Waals surface area contributed by atoms with Gasteiger partial charge in [-0.2, -0.15) is 0 Å². The first-order chi connectivity index (χ1) is 24.2. The second kappa shape index (κ2) is 12.2. The molecule has 9 rings (SSSR count). The van der Waals surface area contributed by atoms with Crippen molar-refractivity contribution in [3.63, 3.8) is 0 Å². The van der Waals surface area contributed by atoms with E-state index in [0.29, 0.717) is 5.82 Å². The van der Waals surface area contributed by atoms with Crippen LogP contribution in [-0.4, -0.2) is 15.0 Å². The molecule has 3 heterocycles. The van der Waals surface area contributed by atoms with Crippen LogP contribution in [0.4, 0.5) is 0 Å². The zero-order chi connectivity index (χ0) is 32.6. The summed E-state index contributed by atoms with van der Waals surface area (Å²) >= 11 is 0. The monoisotopic (exact) mass is 627 g/mol. The van der Waals surface area contributed by atoms with Crippen molar-refractivity contribution in [2.75, 3.05) is 0 Å². The van der Waals surface area contributed by atoms with Crippen molar-refractivity contribution in [1.82, 2.24) is 15.0 Å². The number of furan rings is 1. The Morgan fingerprint density at radius 2 is 0.857 bits per heavy atom. The summed E-state index contributed by atoms with van der Waals surface area (Å²) in [4.78, 5) is 14.5. The van der Waals surface area contributed by atoms with E-state index in [0.717, 1.165) is 72.3 Å². The van der Waals surface area contributed by atoms with Crippen molar-refractivity contribution < 1.29 is 4.42 Å². The molecule has 49 heavy (non-hydrogen) atoms. The van der Waals surface area contributed by atoms with Gasteiger partial charge in [0.05, 0.1) is 11.4 Å². The van der Waals surface area contributed by atoms with Gasteiger partial charge in [0, 0.05) is 39.9 Å². The molecule has 0 fully saturated rings. The third-order valence-corrected chi connectivity index (χ3v) is 9.00.